The van der Waals surface area contributed by atoms with E-state index in [0.29, 0.717) is 23.8 Å². The predicted octanol–water partition coefficient (Wildman–Crippen LogP) is 6.86. The number of hydrogen-bond acceptors (Lipinski definition) is 4. The van der Waals surface area contributed by atoms with Crippen molar-refractivity contribution in [3.63, 3.8) is 0 Å². The number of nitrogens with one attached hydrogen (secondary N) is 1. The maximum Gasteiger partial charge on any atom is 0.346 e. The molecule has 1 heterocycles. The first-order valence-corrected chi connectivity index (χ1v) is 13.4. The molecular weight excluding hydrogens is 488 g/mol. The number of aromatic nitrogens is 1. The van der Waals surface area contributed by atoms with Gasteiger partial charge in [-0.2, -0.15) is 0 Å². The highest BCUT2D eigenvalue weighted by molar-refractivity contribution is 5.99. The molecule has 39 heavy (non-hydrogen) atoms. The number of esters is 1. The van der Waals surface area contributed by atoms with E-state index in [0.717, 1.165) is 33.3 Å². The Labute approximate surface area is 230 Å². The number of amides is 1. The van der Waals surface area contributed by atoms with Crippen molar-refractivity contribution >= 4 is 22.8 Å². The Balaban J connectivity index is 1.51. The number of benzene rings is 3. The molecule has 1 N–H and O–H groups in total. The van der Waals surface area contributed by atoms with Crippen LogP contribution in [0.5, 0.6) is 5.75 Å². The summed E-state index contributed by atoms with van der Waals surface area (Å²) in [5.74, 6) is 0.558. The van der Waals surface area contributed by atoms with Gasteiger partial charge in [-0.15, -0.1) is 0 Å². The Bertz CT molecular complexity index is 1480. The van der Waals surface area contributed by atoms with Crippen molar-refractivity contribution < 1.29 is 19.1 Å². The van der Waals surface area contributed by atoms with E-state index in [-0.39, 0.29) is 11.9 Å². The maximum absolute atomic E-state index is 13.2. The molecular formula is C33H38N2O4. The van der Waals surface area contributed by atoms with E-state index in [4.69, 9.17) is 9.47 Å². The van der Waals surface area contributed by atoms with Crippen LogP contribution in [0.4, 0.5) is 0 Å². The van der Waals surface area contributed by atoms with Gasteiger partial charge in [0, 0.05) is 28.7 Å². The quantitative estimate of drug-likeness (QED) is 0.242. The average Bonchev–Trinajstić information content (AvgIpc) is 3.17. The number of carbonyl (C=O) groups is 2. The molecule has 1 amide bonds. The van der Waals surface area contributed by atoms with Gasteiger partial charge in [-0.1, -0.05) is 50.2 Å². The molecule has 0 spiro atoms. The third-order valence-corrected chi connectivity index (χ3v) is 7.44. The summed E-state index contributed by atoms with van der Waals surface area (Å²) in [6.07, 6.45) is -0.668. The van der Waals surface area contributed by atoms with E-state index in [2.05, 4.69) is 61.8 Å². The lowest BCUT2D eigenvalue weighted by molar-refractivity contribution is -0.147. The largest absolute Gasteiger partial charge is 0.479 e. The van der Waals surface area contributed by atoms with Gasteiger partial charge >= 0.3 is 5.97 Å². The van der Waals surface area contributed by atoms with Crippen molar-refractivity contribution in [2.45, 2.75) is 66.2 Å². The fourth-order valence-electron chi connectivity index (χ4n) is 4.82. The van der Waals surface area contributed by atoms with Crippen molar-refractivity contribution in [1.29, 1.82) is 0 Å². The molecule has 0 bridgehead atoms. The van der Waals surface area contributed by atoms with E-state index in [1.165, 1.54) is 12.7 Å². The summed E-state index contributed by atoms with van der Waals surface area (Å²) in [6, 6.07) is 22.0. The molecule has 1 aromatic heterocycles. The standard InChI is InChI=1S/C33H38N2O4/c1-20(2)26-9-8-10-27(17-26)22(4)34-32(36)28-13-16-31-30(18-28)21(3)23(5)35(31)19-25-11-14-29(15-12-25)39-24(6)33(37)38-7/h8-18,20,22,24H,19H2,1-7H3,(H,34,36)/t22-,24?/m0/s1. The molecule has 6 heteroatoms. The Morgan fingerprint density at radius 2 is 1.59 bits per heavy atom. The molecule has 0 aliphatic carbocycles. The first-order valence-electron chi connectivity index (χ1n) is 13.4. The van der Waals surface area contributed by atoms with Gasteiger partial charge in [-0.3, -0.25) is 4.79 Å². The minimum Gasteiger partial charge on any atom is -0.479 e. The number of aryl methyl sites for hydroxylation is 1. The molecule has 0 fully saturated rings. The predicted molar refractivity (Wildman–Crippen MR) is 155 cm³/mol. The first kappa shape index (κ1) is 28.0. The average molecular weight is 527 g/mol. The minimum atomic E-state index is -0.668. The second-order valence-electron chi connectivity index (χ2n) is 10.5. The highest BCUT2D eigenvalue weighted by Gasteiger charge is 2.17. The summed E-state index contributed by atoms with van der Waals surface area (Å²) in [5, 5.41) is 4.24. The summed E-state index contributed by atoms with van der Waals surface area (Å²) in [7, 11) is 1.35. The summed E-state index contributed by atoms with van der Waals surface area (Å²) in [4.78, 5) is 24.8. The van der Waals surface area contributed by atoms with Crippen molar-refractivity contribution in [2.75, 3.05) is 7.11 Å². The number of ether oxygens (including phenoxy) is 2. The highest BCUT2D eigenvalue weighted by Crippen LogP contribution is 2.28. The minimum absolute atomic E-state index is 0.0825. The molecule has 0 saturated carbocycles. The smallest absolute Gasteiger partial charge is 0.346 e. The fourth-order valence-corrected chi connectivity index (χ4v) is 4.82. The van der Waals surface area contributed by atoms with Crippen molar-refractivity contribution in [3.05, 3.63) is 100 Å². The molecule has 4 aromatic rings. The van der Waals surface area contributed by atoms with Gasteiger partial charge in [0.05, 0.1) is 13.2 Å². The molecule has 0 saturated heterocycles. The Morgan fingerprint density at radius 3 is 2.26 bits per heavy atom. The Kier molecular flexibility index (Phi) is 8.44. The second-order valence-corrected chi connectivity index (χ2v) is 10.5. The third kappa shape index (κ3) is 6.17. The lowest BCUT2D eigenvalue weighted by Gasteiger charge is -2.16. The Hall–Kier alpha value is -4.06. The lowest BCUT2D eigenvalue weighted by atomic mass is 9.98. The maximum atomic E-state index is 13.2. The van der Waals surface area contributed by atoms with Gasteiger partial charge in [-0.25, -0.2) is 4.79 Å². The molecule has 0 aliphatic rings. The van der Waals surface area contributed by atoms with Gasteiger partial charge in [0.25, 0.3) is 5.91 Å². The van der Waals surface area contributed by atoms with Crippen LogP contribution in [0, 0.1) is 13.8 Å². The zero-order valence-corrected chi connectivity index (χ0v) is 23.9. The summed E-state index contributed by atoms with van der Waals surface area (Å²) >= 11 is 0. The van der Waals surface area contributed by atoms with Crippen LogP contribution in [0.2, 0.25) is 0 Å². The van der Waals surface area contributed by atoms with Crippen LogP contribution >= 0.6 is 0 Å². The van der Waals surface area contributed by atoms with Crippen LogP contribution in [0.25, 0.3) is 10.9 Å². The van der Waals surface area contributed by atoms with E-state index in [9.17, 15) is 9.59 Å². The third-order valence-electron chi connectivity index (χ3n) is 7.44. The lowest BCUT2D eigenvalue weighted by Crippen LogP contribution is -2.26. The molecule has 6 nitrogen and oxygen atoms in total. The van der Waals surface area contributed by atoms with E-state index < -0.39 is 12.1 Å². The van der Waals surface area contributed by atoms with Crippen LogP contribution in [0.1, 0.15) is 78.0 Å². The van der Waals surface area contributed by atoms with Crippen LogP contribution in [0.3, 0.4) is 0 Å². The Morgan fingerprint density at radius 1 is 0.897 bits per heavy atom. The second kappa shape index (κ2) is 11.8. The molecule has 1 unspecified atom stereocenters. The monoisotopic (exact) mass is 526 g/mol. The van der Waals surface area contributed by atoms with Gasteiger partial charge in [0.1, 0.15) is 5.75 Å². The number of fused-ring (bicyclic) bond motifs is 1. The van der Waals surface area contributed by atoms with Crippen molar-refractivity contribution in [3.8, 4) is 5.75 Å². The van der Waals surface area contributed by atoms with Gasteiger partial charge in [0.15, 0.2) is 6.10 Å². The molecule has 0 radical (unpaired) electrons. The summed E-state index contributed by atoms with van der Waals surface area (Å²) in [6.45, 7) is 12.9. The topological polar surface area (TPSA) is 69.6 Å². The number of methoxy groups -OCH3 is 1. The molecule has 4 rings (SSSR count). The van der Waals surface area contributed by atoms with Gasteiger partial charge < -0.3 is 19.4 Å². The van der Waals surface area contributed by atoms with Crippen LogP contribution in [-0.2, 0) is 16.1 Å². The van der Waals surface area contributed by atoms with Crippen LogP contribution < -0.4 is 10.1 Å². The van der Waals surface area contributed by atoms with Crippen LogP contribution in [0.15, 0.2) is 66.7 Å². The molecule has 2 atom stereocenters. The zero-order valence-electron chi connectivity index (χ0n) is 23.9. The van der Waals surface area contributed by atoms with Crippen molar-refractivity contribution in [1.82, 2.24) is 9.88 Å². The number of rotatable bonds is 9. The van der Waals surface area contributed by atoms with Gasteiger partial charge in [0.2, 0.25) is 0 Å². The van der Waals surface area contributed by atoms with Crippen LogP contribution in [-0.4, -0.2) is 29.7 Å². The molecule has 3 aromatic carbocycles. The zero-order chi connectivity index (χ0) is 28.3. The van der Waals surface area contributed by atoms with Crippen molar-refractivity contribution in [2.24, 2.45) is 0 Å². The molecule has 0 aliphatic heterocycles. The van der Waals surface area contributed by atoms with E-state index in [1.807, 2.05) is 49.4 Å². The summed E-state index contributed by atoms with van der Waals surface area (Å²) in [5.41, 5.74) is 7.51. The fraction of sp³-hybridized carbons (Fsp3) is 0.333. The van der Waals surface area contributed by atoms with E-state index in [1.54, 1.807) is 6.92 Å². The normalized spacial score (nSPS) is 12.8. The van der Waals surface area contributed by atoms with Gasteiger partial charge in [-0.05, 0) is 86.2 Å². The molecule has 204 valence electrons. The number of carbonyl (C=O) groups excluding carboxylic acids is 2. The SMILES string of the molecule is COC(=O)C(C)Oc1ccc(Cn2c(C)c(C)c3cc(C(=O)N[C@@H](C)c4cccc(C(C)C)c4)ccc32)cc1. The summed E-state index contributed by atoms with van der Waals surface area (Å²) < 4.78 is 12.6. The van der Waals surface area contributed by atoms with E-state index >= 15 is 0 Å². The highest BCUT2D eigenvalue weighted by atomic mass is 16.6. The number of nitrogens with zero attached hydrogens (tertiary/aromatic N) is 1. The first-order chi connectivity index (χ1) is 18.6. The number of hydrogen-bond donors (Lipinski definition) is 1.